The summed E-state index contributed by atoms with van der Waals surface area (Å²) in [6.45, 7) is 3.73. The summed E-state index contributed by atoms with van der Waals surface area (Å²) in [7, 11) is 0. The van der Waals surface area contributed by atoms with Crippen molar-refractivity contribution in [1.82, 2.24) is 4.90 Å². The van der Waals surface area contributed by atoms with Gasteiger partial charge in [-0.2, -0.15) is 0 Å². The van der Waals surface area contributed by atoms with E-state index in [1.165, 1.54) is 5.56 Å². The molecule has 0 spiro atoms. The molecule has 118 valence electrons. The molecule has 1 amide bonds. The Balaban J connectivity index is 1.57. The zero-order valence-corrected chi connectivity index (χ0v) is 12.9. The van der Waals surface area contributed by atoms with Gasteiger partial charge in [-0.25, -0.2) is 0 Å². The van der Waals surface area contributed by atoms with Crippen LogP contribution in [0.1, 0.15) is 27.4 Å². The molecule has 0 radical (unpaired) electrons. The Morgan fingerprint density at radius 3 is 2.78 bits per heavy atom. The highest BCUT2D eigenvalue weighted by Gasteiger charge is 2.38. The normalized spacial score (nSPS) is 23.0. The molecule has 2 aliphatic heterocycles. The highest BCUT2D eigenvalue weighted by molar-refractivity contribution is 5.93. The van der Waals surface area contributed by atoms with Gasteiger partial charge in [-0.3, -0.25) is 9.69 Å². The first-order valence-corrected chi connectivity index (χ1v) is 8.03. The van der Waals surface area contributed by atoms with E-state index in [2.05, 4.69) is 29.2 Å². The molecule has 2 heterocycles. The average Bonchev–Trinajstić information content (AvgIpc) is 2.98. The molecule has 4 rings (SSSR count). The molecule has 0 bridgehead atoms. The molecule has 1 saturated heterocycles. The van der Waals surface area contributed by atoms with Crippen LogP contribution in [0.2, 0.25) is 0 Å². The lowest BCUT2D eigenvalue weighted by atomic mass is 9.86. The Bertz CT molecular complexity index is 729. The number of benzene rings is 2. The smallest absolute Gasteiger partial charge is 0.248 e. The van der Waals surface area contributed by atoms with Crippen LogP contribution in [0.5, 0.6) is 5.75 Å². The maximum absolute atomic E-state index is 11.5. The van der Waals surface area contributed by atoms with Gasteiger partial charge in [0.05, 0.1) is 6.61 Å². The molecule has 2 aromatic carbocycles. The molecule has 23 heavy (non-hydrogen) atoms. The van der Waals surface area contributed by atoms with Gasteiger partial charge in [-0.1, -0.05) is 30.3 Å². The summed E-state index contributed by atoms with van der Waals surface area (Å²) in [5.41, 5.74) is 8.45. The van der Waals surface area contributed by atoms with E-state index in [9.17, 15) is 4.79 Å². The number of rotatable bonds is 3. The summed E-state index contributed by atoms with van der Waals surface area (Å²) in [5.74, 6) is 1.42. The van der Waals surface area contributed by atoms with Crippen molar-refractivity contribution in [1.29, 1.82) is 0 Å². The van der Waals surface area contributed by atoms with E-state index in [-0.39, 0.29) is 5.91 Å². The van der Waals surface area contributed by atoms with Crippen LogP contribution in [0, 0.1) is 5.92 Å². The second-order valence-electron chi connectivity index (χ2n) is 6.47. The first-order valence-electron chi connectivity index (χ1n) is 8.03. The monoisotopic (exact) mass is 308 g/mol. The van der Waals surface area contributed by atoms with Gasteiger partial charge in [-0.15, -0.1) is 0 Å². The molecule has 0 aromatic heterocycles. The quantitative estimate of drug-likeness (QED) is 0.947. The predicted molar refractivity (Wildman–Crippen MR) is 88.4 cm³/mol. The molecular formula is C19H20N2O2. The van der Waals surface area contributed by atoms with Crippen molar-refractivity contribution in [2.75, 3.05) is 19.7 Å². The second kappa shape index (κ2) is 5.70. The van der Waals surface area contributed by atoms with Crippen molar-refractivity contribution in [3.63, 3.8) is 0 Å². The topological polar surface area (TPSA) is 55.6 Å². The number of hydrogen-bond acceptors (Lipinski definition) is 3. The number of carbonyl (C=O) groups excluding carboxylic acids is 1. The molecule has 4 heteroatoms. The van der Waals surface area contributed by atoms with E-state index < -0.39 is 0 Å². The van der Waals surface area contributed by atoms with Crippen LogP contribution in [-0.4, -0.2) is 30.5 Å². The lowest BCUT2D eigenvalue weighted by Gasteiger charge is -2.28. The van der Waals surface area contributed by atoms with E-state index in [0.717, 1.165) is 37.6 Å². The van der Waals surface area contributed by atoms with Crippen molar-refractivity contribution in [2.45, 2.75) is 12.5 Å². The van der Waals surface area contributed by atoms with Gasteiger partial charge < -0.3 is 10.5 Å². The summed E-state index contributed by atoms with van der Waals surface area (Å²) in [6.07, 6.45) is 0. The number of fused-ring (bicyclic) bond motifs is 3. The van der Waals surface area contributed by atoms with E-state index in [1.807, 2.05) is 18.2 Å². The van der Waals surface area contributed by atoms with Crippen LogP contribution < -0.4 is 10.5 Å². The molecule has 2 atom stereocenters. The zero-order valence-electron chi connectivity index (χ0n) is 12.9. The van der Waals surface area contributed by atoms with Gasteiger partial charge in [-0.05, 0) is 29.3 Å². The third kappa shape index (κ3) is 2.70. The van der Waals surface area contributed by atoms with Crippen LogP contribution >= 0.6 is 0 Å². The number of nitrogens with two attached hydrogens (primary N) is 1. The van der Waals surface area contributed by atoms with Crippen molar-refractivity contribution in [3.05, 3.63) is 65.2 Å². The standard InChI is InChI=1S/C19H20N2O2/c20-19(22)14-6-7-18-16(8-14)17-11-21(10-15(17)12-23-18)9-13-4-2-1-3-5-13/h1-8,15,17H,9-12H2,(H2,20,22)/t15-,17+/m0/s1. The van der Waals surface area contributed by atoms with E-state index in [4.69, 9.17) is 10.5 Å². The van der Waals surface area contributed by atoms with Gasteiger partial charge in [0, 0.05) is 37.0 Å². The molecule has 0 saturated carbocycles. The van der Waals surface area contributed by atoms with Crippen LogP contribution in [0.4, 0.5) is 0 Å². The molecular weight excluding hydrogens is 288 g/mol. The Morgan fingerprint density at radius 1 is 1.17 bits per heavy atom. The molecule has 0 aliphatic carbocycles. The second-order valence-corrected chi connectivity index (χ2v) is 6.47. The Morgan fingerprint density at radius 2 is 2.00 bits per heavy atom. The third-order valence-electron chi connectivity index (χ3n) is 4.91. The van der Waals surface area contributed by atoms with Gasteiger partial charge in [0.25, 0.3) is 0 Å². The summed E-state index contributed by atoms with van der Waals surface area (Å²) < 4.78 is 5.89. The van der Waals surface area contributed by atoms with Crippen LogP contribution in [0.3, 0.4) is 0 Å². The highest BCUT2D eigenvalue weighted by atomic mass is 16.5. The fourth-order valence-electron chi connectivity index (χ4n) is 3.77. The van der Waals surface area contributed by atoms with E-state index in [1.54, 1.807) is 6.07 Å². The molecule has 4 nitrogen and oxygen atoms in total. The Hall–Kier alpha value is -2.33. The van der Waals surface area contributed by atoms with Gasteiger partial charge in [0.2, 0.25) is 5.91 Å². The number of amides is 1. The minimum absolute atomic E-state index is 0.380. The SMILES string of the molecule is NC(=O)c1ccc2c(c1)[C@@H]1CN(Cc3ccccc3)C[C@H]1CO2. The fourth-order valence-corrected chi connectivity index (χ4v) is 3.77. The Kier molecular flexibility index (Phi) is 3.54. The molecule has 1 fully saturated rings. The lowest BCUT2D eigenvalue weighted by molar-refractivity contribution is 0.1000. The van der Waals surface area contributed by atoms with Crippen LogP contribution in [0.25, 0.3) is 0 Å². The fraction of sp³-hybridized carbons (Fsp3) is 0.316. The zero-order chi connectivity index (χ0) is 15.8. The molecule has 2 N–H and O–H groups in total. The van der Waals surface area contributed by atoms with Gasteiger partial charge in [0.1, 0.15) is 5.75 Å². The summed E-state index contributed by atoms with van der Waals surface area (Å²) in [4.78, 5) is 13.9. The number of nitrogens with zero attached hydrogens (tertiary/aromatic N) is 1. The van der Waals surface area contributed by atoms with Crippen molar-refractivity contribution >= 4 is 5.91 Å². The molecule has 2 aromatic rings. The third-order valence-corrected chi connectivity index (χ3v) is 4.91. The van der Waals surface area contributed by atoms with Crippen molar-refractivity contribution in [2.24, 2.45) is 11.7 Å². The number of primary amides is 1. The van der Waals surface area contributed by atoms with E-state index >= 15 is 0 Å². The highest BCUT2D eigenvalue weighted by Crippen LogP contribution is 2.42. The number of ether oxygens (including phenoxy) is 1. The first-order chi connectivity index (χ1) is 11.2. The minimum atomic E-state index is -0.380. The van der Waals surface area contributed by atoms with Gasteiger partial charge >= 0.3 is 0 Å². The first kappa shape index (κ1) is 14.3. The van der Waals surface area contributed by atoms with Crippen LogP contribution in [-0.2, 0) is 6.54 Å². The van der Waals surface area contributed by atoms with Crippen molar-refractivity contribution < 1.29 is 9.53 Å². The molecule has 2 aliphatic rings. The average molecular weight is 308 g/mol. The van der Waals surface area contributed by atoms with Crippen LogP contribution in [0.15, 0.2) is 48.5 Å². The maximum Gasteiger partial charge on any atom is 0.248 e. The number of likely N-dealkylation sites (tertiary alicyclic amines) is 1. The Labute approximate surface area is 135 Å². The van der Waals surface area contributed by atoms with E-state index in [0.29, 0.717) is 17.4 Å². The summed E-state index contributed by atoms with van der Waals surface area (Å²) in [5, 5.41) is 0. The van der Waals surface area contributed by atoms with Gasteiger partial charge in [0.15, 0.2) is 0 Å². The largest absolute Gasteiger partial charge is 0.493 e. The number of hydrogen-bond donors (Lipinski definition) is 1. The summed E-state index contributed by atoms with van der Waals surface area (Å²) in [6, 6.07) is 16.1. The molecule has 0 unspecified atom stereocenters. The maximum atomic E-state index is 11.5. The van der Waals surface area contributed by atoms with Crippen molar-refractivity contribution in [3.8, 4) is 5.75 Å². The lowest BCUT2D eigenvalue weighted by Crippen LogP contribution is -2.25. The predicted octanol–water partition coefficient (Wildman–Crippen LogP) is 2.39. The number of carbonyl (C=O) groups is 1. The minimum Gasteiger partial charge on any atom is -0.493 e. The summed E-state index contributed by atoms with van der Waals surface area (Å²) >= 11 is 0.